The van der Waals surface area contributed by atoms with Gasteiger partial charge in [-0.15, -0.1) is 0 Å². The van der Waals surface area contributed by atoms with Crippen LogP contribution in [0.15, 0.2) is 36.4 Å². The number of ketones is 1. The van der Waals surface area contributed by atoms with Crippen LogP contribution in [0.3, 0.4) is 0 Å². The first kappa shape index (κ1) is 15.7. The van der Waals surface area contributed by atoms with Crippen LogP contribution in [0.2, 0.25) is 0 Å². The number of Topliss-reactive ketones (excluding diaryl/α,β-unsaturated/α-hetero) is 1. The molecule has 0 unspecified atom stereocenters. The predicted molar refractivity (Wildman–Crippen MR) is 86.7 cm³/mol. The minimum absolute atomic E-state index is 0.187. The molecule has 0 N–H and O–H groups in total. The molecule has 2 aromatic rings. The lowest BCUT2D eigenvalue weighted by Gasteiger charge is -2.08. The third-order valence-electron chi connectivity index (χ3n) is 3.38. The first-order chi connectivity index (χ1) is 10.5. The molecular weight excluding hydrogens is 276 g/mol. The molecule has 0 aliphatic heterocycles. The van der Waals surface area contributed by atoms with Crippen LogP contribution in [0, 0.1) is 25.7 Å². The molecule has 112 valence electrons. The summed E-state index contributed by atoms with van der Waals surface area (Å²) in [7, 11) is 3.22. The Morgan fingerprint density at radius 2 is 1.45 bits per heavy atom. The highest BCUT2D eigenvalue weighted by atomic mass is 16.5. The second-order valence-corrected chi connectivity index (χ2v) is 4.94. The molecule has 0 heterocycles. The van der Waals surface area contributed by atoms with Gasteiger partial charge in [0.1, 0.15) is 11.5 Å². The van der Waals surface area contributed by atoms with E-state index in [1.54, 1.807) is 14.2 Å². The van der Waals surface area contributed by atoms with Gasteiger partial charge < -0.3 is 9.47 Å². The van der Waals surface area contributed by atoms with E-state index >= 15 is 0 Å². The average Bonchev–Trinajstić information content (AvgIpc) is 2.52. The third kappa shape index (κ3) is 3.48. The molecule has 0 aliphatic carbocycles. The maximum Gasteiger partial charge on any atom is 0.236 e. The fraction of sp³-hybridized carbons (Fsp3) is 0.211. The Balaban J connectivity index is 2.28. The van der Waals surface area contributed by atoms with E-state index in [4.69, 9.17) is 9.47 Å². The van der Waals surface area contributed by atoms with Crippen molar-refractivity contribution >= 4 is 5.78 Å². The number of aryl methyl sites for hydroxylation is 2. The van der Waals surface area contributed by atoms with Gasteiger partial charge in [0.2, 0.25) is 5.78 Å². The van der Waals surface area contributed by atoms with Crippen molar-refractivity contribution in [3.63, 3.8) is 0 Å². The fourth-order valence-electron chi connectivity index (χ4n) is 2.27. The Labute approximate surface area is 130 Å². The highest BCUT2D eigenvalue weighted by Crippen LogP contribution is 2.22. The van der Waals surface area contributed by atoms with E-state index < -0.39 is 0 Å². The number of hydrogen-bond donors (Lipinski definition) is 0. The van der Waals surface area contributed by atoms with Crippen LogP contribution in [0.25, 0.3) is 0 Å². The molecule has 22 heavy (non-hydrogen) atoms. The van der Waals surface area contributed by atoms with Crippen molar-refractivity contribution in [1.29, 1.82) is 0 Å². The Kier molecular flexibility index (Phi) is 4.85. The fourth-order valence-corrected chi connectivity index (χ4v) is 2.27. The zero-order chi connectivity index (χ0) is 16.1. The summed E-state index contributed by atoms with van der Waals surface area (Å²) < 4.78 is 10.3. The van der Waals surface area contributed by atoms with Crippen LogP contribution in [0.4, 0.5) is 0 Å². The molecule has 3 nitrogen and oxygen atoms in total. The molecule has 0 fully saturated rings. The molecule has 0 aromatic heterocycles. The number of methoxy groups -OCH3 is 2. The summed E-state index contributed by atoms with van der Waals surface area (Å²) in [5.74, 6) is 6.91. The highest BCUT2D eigenvalue weighted by molar-refractivity contribution is 6.11. The van der Waals surface area contributed by atoms with Crippen molar-refractivity contribution < 1.29 is 14.3 Å². The number of carbonyl (C=O) groups is 1. The normalized spacial score (nSPS) is 9.64. The van der Waals surface area contributed by atoms with Crippen LogP contribution in [-0.2, 0) is 0 Å². The van der Waals surface area contributed by atoms with Crippen LogP contribution in [0.5, 0.6) is 11.5 Å². The summed E-state index contributed by atoms with van der Waals surface area (Å²) in [5, 5.41) is 0. The Morgan fingerprint density at radius 3 is 1.95 bits per heavy atom. The van der Waals surface area contributed by atoms with Gasteiger partial charge in [-0.1, -0.05) is 5.92 Å². The lowest BCUT2D eigenvalue weighted by Crippen LogP contribution is -2.03. The summed E-state index contributed by atoms with van der Waals surface area (Å²) in [4.78, 5) is 12.3. The molecule has 3 heteroatoms. The first-order valence-electron chi connectivity index (χ1n) is 6.90. The zero-order valence-corrected chi connectivity index (χ0v) is 13.2. The highest BCUT2D eigenvalue weighted by Gasteiger charge is 2.11. The summed E-state index contributed by atoms with van der Waals surface area (Å²) in [6, 6.07) is 11.0. The molecule has 0 spiro atoms. The second-order valence-electron chi connectivity index (χ2n) is 4.94. The molecule has 0 aliphatic rings. The van der Waals surface area contributed by atoms with Gasteiger partial charge in [-0.25, -0.2) is 0 Å². The molecule has 0 bridgehead atoms. The first-order valence-corrected chi connectivity index (χ1v) is 6.90. The monoisotopic (exact) mass is 294 g/mol. The molecular formula is C19H18O3. The van der Waals surface area contributed by atoms with Crippen LogP contribution < -0.4 is 9.47 Å². The topological polar surface area (TPSA) is 35.5 Å². The van der Waals surface area contributed by atoms with Gasteiger partial charge in [0, 0.05) is 11.1 Å². The smallest absolute Gasteiger partial charge is 0.236 e. The molecule has 0 saturated heterocycles. The minimum Gasteiger partial charge on any atom is -0.497 e. The SMILES string of the molecule is COc1ccc(C#CC(=O)c2c(C)cc(OC)cc2C)cc1. The quantitative estimate of drug-likeness (QED) is 0.641. The van der Waals surface area contributed by atoms with E-state index in [0.29, 0.717) is 5.56 Å². The number of ether oxygens (including phenoxy) is 2. The van der Waals surface area contributed by atoms with Crippen LogP contribution in [-0.4, -0.2) is 20.0 Å². The van der Waals surface area contributed by atoms with Gasteiger partial charge >= 0.3 is 0 Å². The largest absolute Gasteiger partial charge is 0.497 e. The van der Waals surface area contributed by atoms with E-state index in [1.807, 2.05) is 50.2 Å². The Bertz CT molecular complexity index is 723. The molecule has 2 aromatic carbocycles. The van der Waals surface area contributed by atoms with Gasteiger partial charge in [-0.2, -0.15) is 0 Å². The Morgan fingerprint density at radius 1 is 0.909 bits per heavy atom. The minimum atomic E-state index is -0.187. The van der Waals surface area contributed by atoms with E-state index in [0.717, 1.165) is 28.2 Å². The van der Waals surface area contributed by atoms with Crippen LogP contribution in [0.1, 0.15) is 27.0 Å². The summed E-state index contributed by atoms with van der Waals surface area (Å²) in [6.45, 7) is 3.77. The number of hydrogen-bond acceptors (Lipinski definition) is 3. The lowest BCUT2D eigenvalue weighted by molar-refractivity contribution is 0.105. The van der Waals surface area contributed by atoms with Gasteiger partial charge in [0.15, 0.2) is 0 Å². The number of rotatable bonds is 3. The Hall–Kier alpha value is -2.73. The predicted octanol–water partition coefficient (Wildman–Crippen LogP) is 3.56. The van der Waals surface area contributed by atoms with Crippen molar-refractivity contribution in [3.05, 3.63) is 58.7 Å². The lowest BCUT2D eigenvalue weighted by atomic mass is 9.98. The number of carbonyl (C=O) groups excluding carboxylic acids is 1. The van der Waals surface area contributed by atoms with Crippen molar-refractivity contribution in [1.82, 2.24) is 0 Å². The summed E-state index contributed by atoms with van der Waals surface area (Å²) in [5.41, 5.74) is 3.15. The van der Waals surface area contributed by atoms with Crippen molar-refractivity contribution in [2.24, 2.45) is 0 Å². The standard InChI is InChI=1S/C19H18O3/c1-13-11-17(22-4)12-14(2)19(13)18(20)10-7-15-5-8-16(21-3)9-6-15/h5-6,8-9,11-12H,1-4H3. The maximum atomic E-state index is 12.3. The van der Waals surface area contributed by atoms with Crippen molar-refractivity contribution in [2.75, 3.05) is 14.2 Å². The maximum absolute atomic E-state index is 12.3. The van der Waals surface area contributed by atoms with Gasteiger partial charge in [-0.3, -0.25) is 4.79 Å². The number of benzene rings is 2. The molecule has 0 amide bonds. The van der Waals surface area contributed by atoms with E-state index in [1.165, 1.54) is 0 Å². The third-order valence-corrected chi connectivity index (χ3v) is 3.38. The summed E-state index contributed by atoms with van der Waals surface area (Å²) >= 11 is 0. The van der Waals surface area contributed by atoms with Crippen LogP contribution >= 0.6 is 0 Å². The molecule has 2 rings (SSSR count). The molecule has 0 atom stereocenters. The zero-order valence-electron chi connectivity index (χ0n) is 13.2. The van der Waals surface area contributed by atoms with E-state index in [-0.39, 0.29) is 5.78 Å². The van der Waals surface area contributed by atoms with Crippen molar-refractivity contribution in [2.45, 2.75) is 13.8 Å². The van der Waals surface area contributed by atoms with Gasteiger partial charge in [0.05, 0.1) is 14.2 Å². The second kappa shape index (κ2) is 6.82. The van der Waals surface area contributed by atoms with E-state index in [2.05, 4.69) is 11.8 Å². The molecule has 0 radical (unpaired) electrons. The summed E-state index contributed by atoms with van der Waals surface area (Å²) in [6.07, 6.45) is 0. The van der Waals surface area contributed by atoms with Crippen molar-refractivity contribution in [3.8, 4) is 23.3 Å². The average molecular weight is 294 g/mol. The van der Waals surface area contributed by atoms with Gasteiger partial charge in [0.25, 0.3) is 0 Å². The van der Waals surface area contributed by atoms with E-state index in [9.17, 15) is 4.79 Å². The molecule has 0 saturated carbocycles. The van der Waals surface area contributed by atoms with Gasteiger partial charge in [-0.05, 0) is 67.3 Å².